The predicted octanol–water partition coefficient (Wildman–Crippen LogP) is 4.23. The third-order valence-corrected chi connectivity index (χ3v) is 2.60. The first-order chi connectivity index (χ1) is 7.09. The van der Waals surface area contributed by atoms with Crippen molar-refractivity contribution in [3.63, 3.8) is 0 Å². The van der Waals surface area contributed by atoms with Crippen molar-refractivity contribution in [2.24, 2.45) is 0 Å². The lowest BCUT2D eigenvalue weighted by Crippen LogP contribution is -2.06. The van der Waals surface area contributed by atoms with E-state index in [1.165, 1.54) is 23.5 Å². The number of benzene rings is 1. The summed E-state index contributed by atoms with van der Waals surface area (Å²) < 4.78 is 37.9. The van der Waals surface area contributed by atoms with Crippen molar-refractivity contribution in [3.05, 3.63) is 46.7 Å². The molecule has 77 valence electrons. The SMILES string of the molecule is FC(F)(F)c1ccccc1-c1[c]scc1. The monoisotopic (exact) mass is 227 g/mol. The second kappa shape index (κ2) is 3.70. The summed E-state index contributed by atoms with van der Waals surface area (Å²) in [6.45, 7) is 0. The molecule has 0 aliphatic carbocycles. The van der Waals surface area contributed by atoms with E-state index >= 15 is 0 Å². The van der Waals surface area contributed by atoms with Gasteiger partial charge in [0.05, 0.1) is 10.9 Å². The first-order valence-corrected chi connectivity index (χ1v) is 5.09. The molecule has 1 aromatic heterocycles. The second-order valence-corrected chi connectivity index (χ2v) is 3.69. The topological polar surface area (TPSA) is 0 Å². The fourth-order valence-corrected chi connectivity index (χ4v) is 1.92. The Labute approximate surface area is 89.0 Å². The van der Waals surface area contributed by atoms with Gasteiger partial charge in [-0.05, 0) is 23.1 Å². The van der Waals surface area contributed by atoms with Crippen LogP contribution in [0.3, 0.4) is 0 Å². The van der Waals surface area contributed by atoms with Crippen LogP contribution >= 0.6 is 11.3 Å². The number of alkyl halides is 3. The Bertz CT molecular complexity index is 443. The molecule has 0 saturated carbocycles. The zero-order valence-corrected chi connectivity index (χ0v) is 8.32. The van der Waals surface area contributed by atoms with Crippen molar-refractivity contribution in [1.82, 2.24) is 0 Å². The molecule has 0 bridgehead atoms. The maximum absolute atomic E-state index is 12.6. The summed E-state index contributed by atoms with van der Waals surface area (Å²) in [5, 5.41) is 4.52. The molecule has 0 saturated heterocycles. The Hall–Kier alpha value is -1.29. The largest absolute Gasteiger partial charge is 0.417 e. The lowest BCUT2D eigenvalue weighted by Gasteiger charge is -2.10. The Balaban J connectivity index is 2.58. The van der Waals surface area contributed by atoms with Crippen LogP contribution < -0.4 is 0 Å². The maximum Gasteiger partial charge on any atom is 0.417 e. The Morgan fingerprint density at radius 3 is 2.40 bits per heavy atom. The Morgan fingerprint density at radius 2 is 1.80 bits per heavy atom. The average molecular weight is 227 g/mol. The highest BCUT2D eigenvalue weighted by atomic mass is 32.1. The minimum atomic E-state index is -4.31. The van der Waals surface area contributed by atoms with Crippen LogP contribution in [0, 0.1) is 5.38 Å². The summed E-state index contributed by atoms with van der Waals surface area (Å²) in [7, 11) is 0. The van der Waals surface area contributed by atoms with Crippen LogP contribution in [-0.4, -0.2) is 0 Å². The van der Waals surface area contributed by atoms with Crippen LogP contribution in [0.25, 0.3) is 11.1 Å². The van der Waals surface area contributed by atoms with Crippen molar-refractivity contribution in [2.75, 3.05) is 0 Å². The summed E-state index contributed by atoms with van der Waals surface area (Å²) in [4.78, 5) is 0. The van der Waals surface area contributed by atoms with Gasteiger partial charge in [-0.15, -0.1) is 11.3 Å². The molecule has 0 unspecified atom stereocenters. The van der Waals surface area contributed by atoms with E-state index in [0.29, 0.717) is 5.56 Å². The zero-order chi connectivity index (χ0) is 10.9. The molecule has 4 heteroatoms. The molecular formula is C11H6F3S. The predicted molar refractivity (Wildman–Crippen MR) is 53.6 cm³/mol. The van der Waals surface area contributed by atoms with E-state index in [0.717, 1.165) is 6.07 Å². The molecule has 1 heterocycles. The molecular weight excluding hydrogens is 221 g/mol. The quantitative estimate of drug-likeness (QED) is 0.683. The average Bonchev–Trinajstić information content (AvgIpc) is 2.69. The van der Waals surface area contributed by atoms with Crippen molar-refractivity contribution in [2.45, 2.75) is 6.18 Å². The summed E-state index contributed by atoms with van der Waals surface area (Å²) in [5.41, 5.74) is 0.0684. The van der Waals surface area contributed by atoms with E-state index < -0.39 is 11.7 Å². The van der Waals surface area contributed by atoms with Gasteiger partial charge >= 0.3 is 6.18 Å². The molecule has 0 spiro atoms. The van der Waals surface area contributed by atoms with Gasteiger partial charge in [-0.1, -0.05) is 18.2 Å². The number of hydrogen-bond donors (Lipinski definition) is 0. The van der Waals surface area contributed by atoms with Gasteiger partial charge in [-0.25, -0.2) is 0 Å². The molecule has 2 rings (SSSR count). The van der Waals surface area contributed by atoms with Crippen LogP contribution in [0.4, 0.5) is 13.2 Å². The minimum Gasteiger partial charge on any atom is -0.166 e. The lowest BCUT2D eigenvalue weighted by atomic mass is 10.0. The van der Waals surface area contributed by atoms with Crippen LogP contribution in [-0.2, 0) is 6.18 Å². The highest BCUT2D eigenvalue weighted by Gasteiger charge is 2.33. The third-order valence-electron chi connectivity index (χ3n) is 1.99. The normalized spacial score (nSPS) is 11.7. The van der Waals surface area contributed by atoms with E-state index in [-0.39, 0.29) is 5.56 Å². The van der Waals surface area contributed by atoms with Crippen molar-refractivity contribution in [1.29, 1.82) is 0 Å². The van der Waals surface area contributed by atoms with Crippen LogP contribution in [0.15, 0.2) is 35.7 Å². The smallest absolute Gasteiger partial charge is 0.166 e. The van der Waals surface area contributed by atoms with Gasteiger partial charge in [0.2, 0.25) is 0 Å². The molecule has 0 aliphatic heterocycles. The minimum absolute atomic E-state index is 0.186. The summed E-state index contributed by atoms with van der Waals surface area (Å²) >= 11 is 1.26. The van der Waals surface area contributed by atoms with E-state index in [1.54, 1.807) is 17.5 Å². The van der Waals surface area contributed by atoms with Gasteiger partial charge in [-0.2, -0.15) is 13.2 Å². The van der Waals surface area contributed by atoms with Gasteiger partial charge in [0.25, 0.3) is 0 Å². The molecule has 15 heavy (non-hydrogen) atoms. The molecule has 1 radical (unpaired) electrons. The first-order valence-electron chi connectivity index (χ1n) is 4.21. The van der Waals surface area contributed by atoms with E-state index in [9.17, 15) is 13.2 Å². The third kappa shape index (κ3) is 2.04. The summed E-state index contributed by atoms with van der Waals surface area (Å²) in [6.07, 6.45) is -4.31. The molecule has 1 aromatic carbocycles. The van der Waals surface area contributed by atoms with E-state index in [4.69, 9.17) is 0 Å². The molecule has 2 aromatic rings. The molecule has 0 nitrogen and oxygen atoms in total. The molecule has 0 aliphatic rings. The Kier molecular flexibility index (Phi) is 2.52. The van der Waals surface area contributed by atoms with Gasteiger partial charge in [0.15, 0.2) is 0 Å². The first kappa shape index (κ1) is 10.2. The van der Waals surface area contributed by atoms with Crippen molar-refractivity contribution < 1.29 is 13.2 Å². The maximum atomic E-state index is 12.6. The number of hydrogen-bond acceptors (Lipinski definition) is 1. The fourth-order valence-electron chi connectivity index (χ4n) is 1.34. The molecule has 0 atom stereocenters. The van der Waals surface area contributed by atoms with Crippen molar-refractivity contribution >= 4 is 11.3 Å². The van der Waals surface area contributed by atoms with Crippen molar-refractivity contribution in [3.8, 4) is 11.1 Å². The van der Waals surface area contributed by atoms with Gasteiger partial charge in [0.1, 0.15) is 0 Å². The number of halogens is 3. The highest BCUT2D eigenvalue weighted by Crippen LogP contribution is 2.37. The number of thiophene rings is 1. The van der Waals surface area contributed by atoms with Gasteiger partial charge < -0.3 is 0 Å². The summed E-state index contributed by atoms with van der Waals surface area (Å²) in [6, 6.07) is 7.16. The molecule has 0 fully saturated rings. The van der Waals surface area contributed by atoms with E-state index in [1.807, 2.05) is 0 Å². The van der Waals surface area contributed by atoms with Crippen LogP contribution in [0.5, 0.6) is 0 Å². The zero-order valence-electron chi connectivity index (χ0n) is 7.51. The highest BCUT2D eigenvalue weighted by molar-refractivity contribution is 7.07. The summed E-state index contributed by atoms with van der Waals surface area (Å²) in [5.74, 6) is 0. The number of rotatable bonds is 1. The molecule has 0 N–H and O–H groups in total. The Morgan fingerprint density at radius 1 is 1.07 bits per heavy atom. The van der Waals surface area contributed by atoms with E-state index in [2.05, 4.69) is 5.38 Å². The van der Waals surface area contributed by atoms with Gasteiger partial charge in [0, 0.05) is 5.56 Å². The van der Waals surface area contributed by atoms with Crippen LogP contribution in [0.2, 0.25) is 0 Å². The van der Waals surface area contributed by atoms with Crippen LogP contribution in [0.1, 0.15) is 5.56 Å². The molecule has 0 amide bonds. The fraction of sp³-hybridized carbons (Fsp3) is 0.0909. The van der Waals surface area contributed by atoms with Gasteiger partial charge in [-0.3, -0.25) is 0 Å². The standard InChI is InChI=1S/C11H6F3S/c12-11(13,14)10-4-2-1-3-9(10)8-5-6-15-7-8/h1-6H. The second-order valence-electron chi connectivity index (χ2n) is 2.98. The lowest BCUT2D eigenvalue weighted by molar-refractivity contribution is -0.137.